The number of carbonyl (C=O) groups excluding carboxylic acids is 3. The molecule has 0 aliphatic carbocycles. The molecule has 0 aromatic carbocycles. The molecular weight excluding hydrogens is 958 g/mol. The molecular formula is C40H62BrN9O17. The van der Waals surface area contributed by atoms with Gasteiger partial charge < -0.3 is 67.2 Å². The minimum absolute atomic E-state index is 0.0302. The Morgan fingerprint density at radius 3 is 1.70 bits per heavy atom. The molecule has 12 N–H and O–H groups in total. The lowest BCUT2D eigenvalue weighted by Crippen LogP contribution is -2.51. The van der Waals surface area contributed by atoms with E-state index in [1.165, 1.54) is 9.80 Å². The number of carboxylic acids is 7. The van der Waals surface area contributed by atoms with Gasteiger partial charge in [0.1, 0.15) is 22.7 Å². The van der Waals surface area contributed by atoms with Crippen LogP contribution in [0.15, 0.2) is 22.9 Å². The van der Waals surface area contributed by atoms with Gasteiger partial charge >= 0.3 is 47.8 Å². The first-order chi connectivity index (χ1) is 31.7. The Hall–Kier alpha value is -6.03. The van der Waals surface area contributed by atoms with Crippen LogP contribution >= 0.6 is 15.9 Å². The highest BCUT2D eigenvalue weighted by molar-refractivity contribution is 9.10. The van der Waals surface area contributed by atoms with Gasteiger partial charge in [-0.3, -0.25) is 43.4 Å². The first kappa shape index (κ1) is 59.0. The molecule has 3 atom stereocenters. The molecule has 27 heteroatoms. The first-order valence-electron chi connectivity index (χ1n) is 21.3. The number of rotatable bonds is 39. The third-order valence-corrected chi connectivity index (χ3v) is 10.3. The standard InChI is InChI=1S/C40H62BrN9O17/c41-30-10-7-26(21-45-30)23-50(16-4-2-5-28(38(63)64)46-40(67)47-29(39(65)66)9-12-33(53)54)32(52)6-1-3-13-44-31(51)11-8-27(37(61)62)43-15-18-49(25-36(59)60)20-19-48(24-35(57)58)17-14-42-22-34(55)56/h7,10,21,27-29,42-43H,1-6,8-9,11-20,22-25H2,(H,44,51)(H,53,54)(H,55,56)(H,57,58)(H,59,60)(H,61,62)(H,63,64)(H,65,66)(H2,46,47,67)/t27?,28-,29?/m0/s1. The number of nitrogens with zero attached hydrogens (tertiary/aromatic N) is 4. The monoisotopic (exact) mass is 1020 g/mol. The molecule has 26 nitrogen and oxygen atoms in total. The van der Waals surface area contributed by atoms with Gasteiger partial charge in [0.2, 0.25) is 11.8 Å². The molecule has 0 saturated heterocycles. The molecule has 0 bridgehead atoms. The first-order valence-corrected chi connectivity index (χ1v) is 22.1. The number of halogens is 1. The number of urea groups is 1. The van der Waals surface area contributed by atoms with Crippen LogP contribution in [0.2, 0.25) is 0 Å². The summed E-state index contributed by atoms with van der Waals surface area (Å²) in [5.74, 6) is -9.41. The third kappa shape index (κ3) is 29.3. The lowest BCUT2D eigenvalue weighted by atomic mass is 10.1. The van der Waals surface area contributed by atoms with Gasteiger partial charge in [0.05, 0.1) is 19.6 Å². The molecule has 1 heterocycles. The van der Waals surface area contributed by atoms with Crippen LogP contribution in [0.5, 0.6) is 0 Å². The van der Waals surface area contributed by atoms with Crippen molar-refractivity contribution in [1.29, 1.82) is 0 Å². The fourth-order valence-corrected chi connectivity index (χ4v) is 6.54. The molecule has 67 heavy (non-hydrogen) atoms. The van der Waals surface area contributed by atoms with Crippen molar-refractivity contribution in [1.82, 2.24) is 46.3 Å². The summed E-state index contributed by atoms with van der Waals surface area (Å²) in [6.45, 7) is 0.199. The van der Waals surface area contributed by atoms with Gasteiger partial charge in [-0.1, -0.05) is 6.07 Å². The molecule has 1 rings (SSSR count). The minimum Gasteiger partial charge on any atom is -0.481 e. The Morgan fingerprint density at radius 1 is 0.582 bits per heavy atom. The van der Waals surface area contributed by atoms with Crippen LogP contribution in [0.4, 0.5) is 4.79 Å². The number of aromatic nitrogens is 1. The van der Waals surface area contributed by atoms with E-state index in [2.05, 4.69) is 47.5 Å². The van der Waals surface area contributed by atoms with E-state index in [9.17, 15) is 73.5 Å². The molecule has 376 valence electrons. The van der Waals surface area contributed by atoms with Gasteiger partial charge in [0.25, 0.3) is 0 Å². The molecule has 2 unspecified atom stereocenters. The molecule has 4 amide bonds. The molecule has 1 aromatic rings. The molecule has 0 radical (unpaired) electrons. The van der Waals surface area contributed by atoms with E-state index < -0.39 is 91.2 Å². The summed E-state index contributed by atoms with van der Waals surface area (Å²) in [6, 6.07) is -1.74. The maximum absolute atomic E-state index is 13.4. The summed E-state index contributed by atoms with van der Waals surface area (Å²) in [6.07, 6.45) is 1.75. The number of carboxylic acid groups (broad SMARTS) is 7. The predicted octanol–water partition coefficient (Wildman–Crippen LogP) is -1.03. The highest BCUT2D eigenvalue weighted by Gasteiger charge is 2.26. The summed E-state index contributed by atoms with van der Waals surface area (Å²) in [5.41, 5.74) is 0.716. The smallest absolute Gasteiger partial charge is 0.326 e. The maximum Gasteiger partial charge on any atom is 0.326 e. The summed E-state index contributed by atoms with van der Waals surface area (Å²) < 4.78 is 0.581. The van der Waals surface area contributed by atoms with Crippen LogP contribution in [-0.4, -0.2) is 205 Å². The number of amides is 4. The largest absolute Gasteiger partial charge is 0.481 e. The molecule has 0 aliphatic heterocycles. The van der Waals surface area contributed by atoms with Crippen LogP contribution in [-0.2, 0) is 49.7 Å². The predicted molar refractivity (Wildman–Crippen MR) is 237 cm³/mol. The second-order valence-electron chi connectivity index (χ2n) is 15.2. The average Bonchev–Trinajstić information content (AvgIpc) is 3.24. The van der Waals surface area contributed by atoms with Crippen molar-refractivity contribution in [3.63, 3.8) is 0 Å². The van der Waals surface area contributed by atoms with Crippen LogP contribution in [0, 0.1) is 0 Å². The zero-order chi connectivity index (χ0) is 50.3. The van der Waals surface area contributed by atoms with Crippen molar-refractivity contribution in [3.05, 3.63) is 28.5 Å². The second-order valence-corrected chi connectivity index (χ2v) is 16.0. The molecule has 0 aliphatic rings. The number of carbonyl (C=O) groups is 10. The van der Waals surface area contributed by atoms with Gasteiger partial charge in [-0.2, -0.15) is 0 Å². The number of pyridine rings is 1. The van der Waals surface area contributed by atoms with Gasteiger partial charge in [0, 0.05) is 84.4 Å². The minimum atomic E-state index is -1.56. The van der Waals surface area contributed by atoms with E-state index in [1.807, 2.05) is 0 Å². The van der Waals surface area contributed by atoms with E-state index in [0.29, 0.717) is 29.4 Å². The maximum atomic E-state index is 13.4. The van der Waals surface area contributed by atoms with Gasteiger partial charge in [-0.05, 0) is 72.5 Å². The van der Waals surface area contributed by atoms with Crippen molar-refractivity contribution in [2.45, 2.75) is 88.9 Å². The number of nitrogens with one attached hydrogen (secondary N) is 5. The average molecular weight is 1020 g/mol. The van der Waals surface area contributed by atoms with E-state index in [4.69, 9.17) is 10.2 Å². The highest BCUT2D eigenvalue weighted by Crippen LogP contribution is 2.13. The topological polar surface area (TPSA) is 395 Å². The van der Waals surface area contributed by atoms with Crippen molar-refractivity contribution in [2.24, 2.45) is 0 Å². The lowest BCUT2D eigenvalue weighted by Gasteiger charge is -2.26. The number of hydrogen-bond acceptors (Lipinski definition) is 15. The number of unbranched alkanes of at least 4 members (excludes halogenated alkanes) is 2. The van der Waals surface area contributed by atoms with E-state index in [-0.39, 0.29) is 110 Å². The fraction of sp³-hybridized carbons (Fsp3) is 0.625. The van der Waals surface area contributed by atoms with Crippen molar-refractivity contribution in [2.75, 3.05) is 72.0 Å². The molecule has 0 fully saturated rings. The van der Waals surface area contributed by atoms with Crippen molar-refractivity contribution >= 4 is 75.6 Å². The quantitative estimate of drug-likeness (QED) is 0.0277. The number of aliphatic carboxylic acids is 7. The zero-order valence-electron chi connectivity index (χ0n) is 36.9. The summed E-state index contributed by atoms with van der Waals surface area (Å²) in [5, 5.41) is 77.3. The fourth-order valence-electron chi connectivity index (χ4n) is 6.30. The van der Waals surface area contributed by atoms with E-state index in [1.54, 1.807) is 23.2 Å². The Balaban J connectivity index is 2.65. The molecule has 0 spiro atoms. The number of hydrogen-bond donors (Lipinski definition) is 12. The SMILES string of the molecule is O=C(O)CCC(NC(=O)N[C@@H](CCCCN(Cc1ccc(Br)nc1)C(=O)CCCCNC(=O)CCC(NCCN(CCN(CCNCC(=O)O)CC(=O)O)CC(=O)O)C(=O)O)C(=O)O)C(=O)O. The van der Waals surface area contributed by atoms with Crippen LogP contribution in [0.1, 0.15) is 69.8 Å². The molecule has 1 aromatic heterocycles. The Kier molecular flexibility index (Phi) is 29.4. The highest BCUT2D eigenvalue weighted by atomic mass is 79.9. The van der Waals surface area contributed by atoms with Crippen molar-refractivity contribution < 1.29 is 83.7 Å². The van der Waals surface area contributed by atoms with Crippen LogP contribution in [0.3, 0.4) is 0 Å². The lowest BCUT2D eigenvalue weighted by molar-refractivity contribution is -0.141. The van der Waals surface area contributed by atoms with E-state index in [0.717, 1.165) is 0 Å². The Labute approximate surface area is 393 Å². The van der Waals surface area contributed by atoms with Crippen LogP contribution in [0.25, 0.3) is 0 Å². The van der Waals surface area contributed by atoms with Gasteiger partial charge in [0.15, 0.2) is 0 Å². The third-order valence-electron chi connectivity index (χ3n) is 9.79. The van der Waals surface area contributed by atoms with Crippen LogP contribution < -0.4 is 26.6 Å². The Bertz CT molecular complexity index is 1790. The molecule has 0 saturated carbocycles. The summed E-state index contributed by atoms with van der Waals surface area (Å²) in [7, 11) is 0. The van der Waals surface area contributed by atoms with E-state index >= 15 is 0 Å². The van der Waals surface area contributed by atoms with Gasteiger partial charge in [-0.25, -0.2) is 19.4 Å². The second kappa shape index (κ2) is 33.4. The van der Waals surface area contributed by atoms with Crippen molar-refractivity contribution in [3.8, 4) is 0 Å². The normalized spacial score (nSPS) is 12.4. The Morgan fingerprint density at radius 2 is 1.16 bits per heavy atom. The summed E-state index contributed by atoms with van der Waals surface area (Å²) in [4.78, 5) is 127. The summed E-state index contributed by atoms with van der Waals surface area (Å²) >= 11 is 3.26. The van der Waals surface area contributed by atoms with Gasteiger partial charge in [-0.15, -0.1) is 0 Å². The zero-order valence-corrected chi connectivity index (χ0v) is 38.5.